The van der Waals surface area contributed by atoms with Crippen molar-refractivity contribution in [2.24, 2.45) is 0 Å². The number of imide groups is 1. The molecule has 3 nitrogen and oxygen atoms in total. The van der Waals surface area contributed by atoms with Gasteiger partial charge >= 0.3 is 0 Å². The maximum Gasteiger partial charge on any atom is 0.260 e. The predicted octanol–water partition coefficient (Wildman–Crippen LogP) is 8.22. The van der Waals surface area contributed by atoms with E-state index >= 15 is 0 Å². The molecule has 1 aliphatic rings. The van der Waals surface area contributed by atoms with Crippen molar-refractivity contribution in [1.82, 2.24) is 5.32 Å². The number of rotatable bonds is 19. The molecule has 1 N–H and O–H groups in total. The molecule has 1 aromatic heterocycles. The van der Waals surface area contributed by atoms with Crippen molar-refractivity contribution in [3.63, 3.8) is 0 Å². The third-order valence-corrected chi connectivity index (χ3v) is 7.37. The molecule has 1 aromatic rings. The highest BCUT2D eigenvalue weighted by molar-refractivity contribution is 7.10. The Kier molecular flexibility index (Phi) is 13.1. The Hall–Kier alpha value is -1.16. The zero-order chi connectivity index (χ0) is 21.4. The third kappa shape index (κ3) is 9.32. The monoisotopic (exact) mass is 433 g/mol. The first kappa shape index (κ1) is 25.1. The Bertz CT molecular complexity index is 623. The van der Waals surface area contributed by atoms with Gasteiger partial charge in [0.05, 0.1) is 11.1 Å². The summed E-state index contributed by atoms with van der Waals surface area (Å²) in [5, 5.41) is 4.22. The van der Waals surface area contributed by atoms with Crippen molar-refractivity contribution in [3.8, 4) is 0 Å². The van der Waals surface area contributed by atoms with Crippen LogP contribution in [0.3, 0.4) is 0 Å². The average molecular weight is 434 g/mol. The van der Waals surface area contributed by atoms with Crippen LogP contribution in [0.4, 0.5) is 0 Å². The molecule has 0 unspecified atom stereocenters. The fourth-order valence-electron chi connectivity index (χ4n) is 4.42. The first-order valence-electron chi connectivity index (χ1n) is 12.7. The Morgan fingerprint density at radius 2 is 1.07 bits per heavy atom. The van der Waals surface area contributed by atoms with Gasteiger partial charge in [-0.2, -0.15) is 0 Å². The molecule has 0 spiro atoms. The van der Waals surface area contributed by atoms with Gasteiger partial charge in [0.25, 0.3) is 11.8 Å². The smallest absolute Gasteiger partial charge is 0.260 e. The maximum atomic E-state index is 11.8. The first-order valence-corrected chi connectivity index (χ1v) is 13.6. The number of carbonyl (C=O) groups is 2. The molecule has 0 aliphatic carbocycles. The maximum absolute atomic E-state index is 11.8. The minimum atomic E-state index is -0.227. The summed E-state index contributed by atoms with van der Waals surface area (Å²) < 4.78 is 0. The summed E-state index contributed by atoms with van der Waals surface area (Å²) in [4.78, 5) is 24.5. The van der Waals surface area contributed by atoms with Crippen LogP contribution in [0.1, 0.15) is 148 Å². The molecule has 0 saturated heterocycles. The van der Waals surface area contributed by atoms with Crippen molar-refractivity contribution >= 4 is 23.2 Å². The highest BCUT2D eigenvalue weighted by atomic mass is 32.1. The SMILES string of the molecule is CCCCCCCCCCCCCCCCCCCCc1scc2c1C(=O)NC2=O. The number of thiophene rings is 1. The van der Waals surface area contributed by atoms with Crippen molar-refractivity contribution in [2.75, 3.05) is 0 Å². The van der Waals surface area contributed by atoms with Gasteiger partial charge in [0.2, 0.25) is 0 Å². The van der Waals surface area contributed by atoms with Crippen molar-refractivity contribution in [3.05, 3.63) is 21.4 Å². The Labute approximate surface area is 188 Å². The highest BCUT2D eigenvalue weighted by Gasteiger charge is 2.30. The molecule has 2 rings (SSSR count). The number of unbranched alkanes of at least 4 members (excludes halogenated alkanes) is 17. The van der Waals surface area contributed by atoms with Crippen LogP contribution in [0, 0.1) is 0 Å². The molecular weight excluding hydrogens is 390 g/mol. The molecule has 2 amide bonds. The second-order valence-corrected chi connectivity index (χ2v) is 9.96. The van der Waals surface area contributed by atoms with E-state index in [4.69, 9.17) is 0 Å². The number of aryl methyl sites for hydroxylation is 1. The quantitative estimate of drug-likeness (QED) is 0.176. The summed E-state index contributed by atoms with van der Waals surface area (Å²) in [6.45, 7) is 2.28. The minimum Gasteiger partial charge on any atom is -0.288 e. The molecule has 0 fully saturated rings. The van der Waals surface area contributed by atoms with E-state index in [1.54, 1.807) is 11.3 Å². The van der Waals surface area contributed by atoms with Gasteiger partial charge in [0.1, 0.15) is 0 Å². The zero-order valence-corrected chi connectivity index (χ0v) is 20.1. The second-order valence-electron chi connectivity index (χ2n) is 8.99. The van der Waals surface area contributed by atoms with Crippen LogP contribution in [0.25, 0.3) is 0 Å². The largest absolute Gasteiger partial charge is 0.288 e. The summed E-state index contributed by atoms with van der Waals surface area (Å²) in [6, 6.07) is 0. The standard InChI is InChI=1S/C26H43NO2S/c1-2-3-4-5-6-7-8-9-10-11-12-13-14-15-16-17-18-19-20-23-24-22(21-30-23)25(28)27-26(24)29/h21H,2-20H2,1H3,(H,27,28,29). The highest BCUT2D eigenvalue weighted by Crippen LogP contribution is 2.28. The van der Waals surface area contributed by atoms with Gasteiger partial charge in [-0.3, -0.25) is 14.9 Å². The molecule has 0 aromatic carbocycles. The molecule has 30 heavy (non-hydrogen) atoms. The Morgan fingerprint density at radius 1 is 0.633 bits per heavy atom. The van der Waals surface area contributed by atoms with E-state index < -0.39 is 0 Å². The van der Waals surface area contributed by atoms with Gasteiger partial charge in [-0.05, 0) is 12.8 Å². The molecule has 1 aliphatic heterocycles. The average Bonchev–Trinajstić information content (AvgIpc) is 3.28. The van der Waals surface area contributed by atoms with Crippen LogP contribution in [0.2, 0.25) is 0 Å². The summed E-state index contributed by atoms with van der Waals surface area (Å²) in [5.74, 6) is -0.427. The predicted molar refractivity (Wildman–Crippen MR) is 129 cm³/mol. The molecule has 0 saturated carbocycles. The summed E-state index contributed by atoms with van der Waals surface area (Å²) in [7, 11) is 0. The van der Waals surface area contributed by atoms with Gasteiger partial charge in [-0.15, -0.1) is 11.3 Å². The lowest BCUT2D eigenvalue weighted by Gasteiger charge is -2.04. The molecule has 170 valence electrons. The van der Waals surface area contributed by atoms with E-state index in [1.165, 1.54) is 109 Å². The van der Waals surface area contributed by atoms with E-state index in [2.05, 4.69) is 12.2 Å². The minimum absolute atomic E-state index is 0.200. The lowest BCUT2D eigenvalue weighted by atomic mass is 10.0. The van der Waals surface area contributed by atoms with E-state index in [9.17, 15) is 9.59 Å². The molecule has 2 heterocycles. The number of nitrogens with one attached hydrogen (secondary N) is 1. The van der Waals surface area contributed by atoms with E-state index in [1.807, 2.05) is 5.38 Å². The van der Waals surface area contributed by atoms with Crippen LogP contribution < -0.4 is 5.32 Å². The number of carbonyl (C=O) groups excluding carboxylic acids is 2. The van der Waals surface area contributed by atoms with Gasteiger partial charge in [0, 0.05) is 10.3 Å². The lowest BCUT2D eigenvalue weighted by Crippen LogP contribution is -2.20. The van der Waals surface area contributed by atoms with Crippen molar-refractivity contribution in [2.45, 2.75) is 129 Å². The molecule has 0 radical (unpaired) electrons. The van der Waals surface area contributed by atoms with Crippen LogP contribution in [-0.2, 0) is 6.42 Å². The summed E-state index contributed by atoms with van der Waals surface area (Å²) in [6.07, 6.45) is 25.8. The normalized spacial score (nSPS) is 13.1. The first-order chi connectivity index (χ1) is 14.7. The number of amides is 2. The topological polar surface area (TPSA) is 46.2 Å². The molecular formula is C26H43NO2S. The summed E-state index contributed by atoms with van der Waals surface area (Å²) >= 11 is 1.57. The van der Waals surface area contributed by atoms with E-state index in [0.29, 0.717) is 11.1 Å². The molecule has 0 atom stereocenters. The van der Waals surface area contributed by atoms with Gasteiger partial charge in [-0.25, -0.2) is 0 Å². The van der Waals surface area contributed by atoms with E-state index in [-0.39, 0.29) is 11.8 Å². The van der Waals surface area contributed by atoms with Crippen molar-refractivity contribution < 1.29 is 9.59 Å². The van der Waals surface area contributed by atoms with Gasteiger partial charge in [0.15, 0.2) is 0 Å². The summed E-state index contributed by atoms with van der Waals surface area (Å²) in [5.41, 5.74) is 1.24. The van der Waals surface area contributed by atoms with Crippen molar-refractivity contribution in [1.29, 1.82) is 0 Å². The van der Waals surface area contributed by atoms with Gasteiger partial charge in [-0.1, -0.05) is 116 Å². The van der Waals surface area contributed by atoms with Crippen LogP contribution >= 0.6 is 11.3 Å². The zero-order valence-electron chi connectivity index (χ0n) is 19.2. The number of hydrogen-bond donors (Lipinski definition) is 1. The Balaban J connectivity index is 1.32. The fourth-order valence-corrected chi connectivity index (χ4v) is 5.49. The van der Waals surface area contributed by atoms with Crippen LogP contribution in [-0.4, -0.2) is 11.8 Å². The van der Waals surface area contributed by atoms with Crippen LogP contribution in [0.15, 0.2) is 5.38 Å². The molecule has 4 heteroatoms. The number of fused-ring (bicyclic) bond motifs is 1. The van der Waals surface area contributed by atoms with E-state index in [0.717, 1.165) is 17.7 Å². The van der Waals surface area contributed by atoms with Gasteiger partial charge < -0.3 is 0 Å². The third-order valence-electron chi connectivity index (χ3n) is 6.32. The lowest BCUT2D eigenvalue weighted by molar-refractivity contribution is 0.0879. The second kappa shape index (κ2) is 15.6. The fraction of sp³-hybridized carbons (Fsp3) is 0.769. The number of hydrogen-bond acceptors (Lipinski definition) is 3. The Morgan fingerprint density at radius 3 is 1.53 bits per heavy atom. The van der Waals surface area contributed by atoms with Crippen LogP contribution in [0.5, 0.6) is 0 Å². The molecule has 0 bridgehead atoms.